The van der Waals surface area contributed by atoms with Gasteiger partial charge in [-0.05, 0) is 23.3 Å². The van der Waals surface area contributed by atoms with Crippen molar-refractivity contribution in [1.82, 2.24) is 20.3 Å². The topological polar surface area (TPSA) is 174 Å². The zero-order chi connectivity index (χ0) is 20.4. The van der Waals surface area contributed by atoms with Gasteiger partial charge in [0.1, 0.15) is 5.65 Å². The third kappa shape index (κ3) is 3.58. The van der Waals surface area contributed by atoms with Crippen LogP contribution < -0.4 is 16.6 Å². The van der Waals surface area contributed by atoms with Gasteiger partial charge in [0.05, 0.1) is 12.0 Å². The fourth-order valence-electron chi connectivity index (χ4n) is 2.95. The van der Waals surface area contributed by atoms with Crippen molar-refractivity contribution in [3.63, 3.8) is 0 Å². The minimum Gasteiger partial charge on any atom is -0.480 e. The molecule has 146 valence electrons. The number of aliphatic hydroxyl groups is 1. The van der Waals surface area contributed by atoms with E-state index in [1.165, 1.54) is 0 Å². The Hall–Kier alpha value is -3.66. The van der Waals surface area contributed by atoms with E-state index in [0.29, 0.717) is 11.0 Å². The van der Waals surface area contributed by atoms with Gasteiger partial charge < -0.3 is 26.2 Å². The van der Waals surface area contributed by atoms with Crippen molar-refractivity contribution >= 4 is 28.9 Å². The molecule has 2 heterocycles. The number of H-pyrrole nitrogens is 2. The van der Waals surface area contributed by atoms with Gasteiger partial charge in [-0.25, -0.2) is 4.79 Å². The Morgan fingerprint density at radius 1 is 1.29 bits per heavy atom. The smallest absolute Gasteiger partial charge is 0.328 e. The van der Waals surface area contributed by atoms with Gasteiger partial charge in [0.2, 0.25) is 5.95 Å². The molecule has 3 rings (SSSR count). The zero-order valence-corrected chi connectivity index (χ0v) is 14.9. The Balaban J connectivity index is 1.85. The van der Waals surface area contributed by atoms with E-state index >= 15 is 0 Å². The number of anilines is 1. The number of carbonyl (C=O) groups excluding carboxylic acids is 1. The Bertz CT molecular complexity index is 1090. The van der Waals surface area contributed by atoms with Crippen LogP contribution in [0.1, 0.15) is 34.3 Å². The second kappa shape index (κ2) is 7.53. The average molecular weight is 385 g/mol. The van der Waals surface area contributed by atoms with E-state index in [0.717, 1.165) is 11.1 Å². The lowest BCUT2D eigenvalue weighted by molar-refractivity contribution is -0.140. The van der Waals surface area contributed by atoms with Gasteiger partial charge in [0, 0.05) is 17.7 Å². The molecular formula is C18H19N5O5. The third-order valence-corrected chi connectivity index (χ3v) is 4.52. The van der Waals surface area contributed by atoms with Crippen molar-refractivity contribution in [3.8, 4) is 0 Å². The van der Waals surface area contributed by atoms with Crippen LogP contribution in [0.3, 0.4) is 0 Å². The second-order valence-corrected chi connectivity index (χ2v) is 6.31. The quantitative estimate of drug-likeness (QED) is 0.350. The maximum absolute atomic E-state index is 12.2. The van der Waals surface area contributed by atoms with E-state index in [-0.39, 0.29) is 23.0 Å². The van der Waals surface area contributed by atoms with Crippen LogP contribution in [0.4, 0.5) is 5.95 Å². The van der Waals surface area contributed by atoms with Crippen molar-refractivity contribution in [2.45, 2.75) is 18.9 Å². The molecule has 2 atom stereocenters. The highest BCUT2D eigenvalue weighted by Gasteiger charge is 2.20. The number of carboxylic acids is 1. The van der Waals surface area contributed by atoms with Crippen molar-refractivity contribution in [2.24, 2.45) is 0 Å². The summed E-state index contributed by atoms with van der Waals surface area (Å²) in [5, 5.41) is 20.5. The monoisotopic (exact) mass is 385 g/mol. The number of hydrogen-bond acceptors (Lipinski definition) is 6. The first kappa shape index (κ1) is 19.1. The molecule has 0 aliphatic rings. The van der Waals surface area contributed by atoms with Gasteiger partial charge in [-0.15, -0.1) is 0 Å². The molecule has 28 heavy (non-hydrogen) atoms. The fraction of sp³-hybridized carbons (Fsp3) is 0.222. The summed E-state index contributed by atoms with van der Waals surface area (Å²) in [5.41, 5.74) is 7.42. The number of benzene rings is 1. The van der Waals surface area contributed by atoms with Crippen LogP contribution in [0.5, 0.6) is 0 Å². The molecular weight excluding hydrogens is 366 g/mol. The van der Waals surface area contributed by atoms with Gasteiger partial charge in [0.15, 0.2) is 6.04 Å². The molecule has 7 N–H and O–H groups in total. The molecule has 2 aromatic heterocycles. The number of nitrogens with two attached hydrogens (primary N) is 1. The molecule has 1 unspecified atom stereocenters. The number of rotatable bonds is 6. The summed E-state index contributed by atoms with van der Waals surface area (Å²) in [6.07, 6.45) is 1.69. The van der Waals surface area contributed by atoms with Gasteiger partial charge in [-0.2, -0.15) is 4.98 Å². The molecule has 10 nitrogen and oxygen atoms in total. The number of aromatic nitrogens is 3. The first-order valence-electron chi connectivity index (χ1n) is 8.43. The predicted molar refractivity (Wildman–Crippen MR) is 101 cm³/mol. The van der Waals surface area contributed by atoms with Crippen LogP contribution in [0.25, 0.3) is 11.0 Å². The van der Waals surface area contributed by atoms with Gasteiger partial charge in [-0.1, -0.05) is 19.1 Å². The summed E-state index contributed by atoms with van der Waals surface area (Å²) in [4.78, 5) is 44.7. The van der Waals surface area contributed by atoms with E-state index in [1.54, 1.807) is 30.5 Å². The molecule has 0 saturated heterocycles. The lowest BCUT2D eigenvalue weighted by atomic mass is 9.93. The van der Waals surface area contributed by atoms with Crippen molar-refractivity contribution in [1.29, 1.82) is 0 Å². The standard InChI is InChI=1S/C18H19N5O5/c1-8(11-6-20-14-13(11)16(26)23-18(19)22-14)9-2-4-10(5-3-9)15(25)21-12(7-24)17(27)28/h2-6,8,12,24H,7H2,1H3,(H,21,25)(H,27,28)(H4,19,20,22,23,26)/t8?,12-/m0/s1. The molecule has 0 aliphatic carbocycles. The molecule has 0 fully saturated rings. The van der Waals surface area contributed by atoms with Crippen LogP contribution in [-0.4, -0.2) is 49.7 Å². The van der Waals surface area contributed by atoms with E-state index in [2.05, 4.69) is 20.3 Å². The minimum atomic E-state index is -1.37. The highest BCUT2D eigenvalue weighted by atomic mass is 16.4. The summed E-state index contributed by atoms with van der Waals surface area (Å²) in [6, 6.07) is 5.15. The Morgan fingerprint density at radius 3 is 2.57 bits per heavy atom. The SMILES string of the molecule is CC(c1ccc(C(=O)N[C@@H](CO)C(=O)O)cc1)c1c[nH]c2nc(N)[nH]c(=O)c12. The van der Waals surface area contributed by atoms with E-state index in [1.807, 2.05) is 6.92 Å². The number of aliphatic carboxylic acids is 1. The number of nitrogens with one attached hydrogen (secondary N) is 3. The number of carboxylic acid groups (broad SMARTS) is 1. The van der Waals surface area contributed by atoms with Gasteiger partial charge >= 0.3 is 5.97 Å². The van der Waals surface area contributed by atoms with E-state index in [4.69, 9.17) is 15.9 Å². The molecule has 1 aromatic carbocycles. The summed E-state index contributed by atoms with van der Waals surface area (Å²) in [7, 11) is 0. The lowest BCUT2D eigenvalue weighted by Gasteiger charge is -2.14. The Labute approximate surface area is 158 Å². The number of nitrogen functional groups attached to an aromatic ring is 1. The van der Waals surface area contributed by atoms with Crippen LogP contribution in [0, 0.1) is 0 Å². The summed E-state index contributed by atoms with van der Waals surface area (Å²) >= 11 is 0. The number of carbonyl (C=O) groups is 2. The molecule has 0 saturated carbocycles. The molecule has 0 aliphatic heterocycles. The zero-order valence-electron chi connectivity index (χ0n) is 14.9. The summed E-state index contributed by atoms with van der Waals surface area (Å²) in [5.74, 6) is -2.08. The van der Waals surface area contributed by atoms with Crippen molar-refractivity contribution in [2.75, 3.05) is 12.3 Å². The number of aliphatic hydroxyl groups excluding tert-OH is 1. The normalized spacial score (nSPS) is 13.2. The van der Waals surface area contributed by atoms with Crippen LogP contribution in [-0.2, 0) is 4.79 Å². The number of amides is 1. The molecule has 3 aromatic rings. The number of aromatic amines is 2. The van der Waals surface area contributed by atoms with Crippen LogP contribution in [0.2, 0.25) is 0 Å². The van der Waals surface area contributed by atoms with Gasteiger partial charge in [-0.3, -0.25) is 14.6 Å². The average Bonchev–Trinajstić information content (AvgIpc) is 3.09. The highest BCUT2D eigenvalue weighted by molar-refractivity contribution is 5.96. The van der Waals surface area contributed by atoms with Crippen LogP contribution in [0.15, 0.2) is 35.3 Å². The first-order valence-corrected chi connectivity index (χ1v) is 8.43. The Morgan fingerprint density at radius 2 is 1.96 bits per heavy atom. The maximum atomic E-state index is 12.2. The largest absolute Gasteiger partial charge is 0.480 e. The minimum absolute atomic E-state index is 0.0245. The molecule has 1 amide bonds. The molecule has 0 spiro atoms. The number of nitrogens with zero attached hydrogens (tertiary/aromatic N) is 1. The molecule has 10 heteroatoms. The lowest BCUT2D eigenvalue weighted by Crippen LogP contribution is -2.43. The van der Waals surface area contributed by atoms with Crippen LogP contribution >= 0.6 is 0 Å². The van der Waals surface area contributed by atoms with E-state index in [9.17, 15) is 14.4 Å². The molecule has 0 radical (unpaired) electrons. The van der Waals surface area contributed by atoms with E-state index < -0.39 is 24.5 Å². The summed E-state index contributed by atoms with van der Waals surface area (Å²) < 4.78 is 0. The fourth-order valence-corrected chi connectivity index (χ4v) is 2.95. The summed E-state index contributed by atoms with van der Waals surface area (Å²) in [6.45, 7) is 1.20. The molecule has 0 bridgehead atoms. The van der Waals surface area contributed by atoms with Gasteiger partial charge in [0.25, 0.3) is 11.5 Å². The van der Waals surface area contributed by atoms with Crippen molar-refractivity contribution in [3.05, 3.63) is 57.5 Å². The highest BCUT2D eigenvalue weighted by Crippen LogP contribution is 2.28. The Kier molecular flexibility index (Phi) is 5.14. The first-order chi connectivity index (χ1) is 13.3. The number of hydrogen-bond donors (Lipinski definition) is 6. The third-order valence-electron chi connectivity index (χ3n) is 4.52. The predicted octanol–water partition coefficient (Wildman–Crippen LogP) is 0.161. The van der Waals surface area contributed by atoms with Crippen molar-refractivity contribution < 1.29 is 19.8 Å². The second-order valence-electron chi connectivity index (χ2n) is 6.31. The number of fused-ring (bicyclic) bond motifs is 1. The maximum Gasteiger partial charge on any atom is 0.328 e.